The molecule has 0 radical (unpaired) electrons. The van der Waals surface area contributed by atoms with Gasteiger partial charge in [-0.25, -0.2) is 4.39 Å². The molecule has 36 heavy (non-hydrogen) atoms. The van der Waals surface area contributed by atoms with Gasteiger partial charge in [-0.3, -0.25) is 24.2 Å². The van der Waals surface area contributed by atoms with Gasteiger partial charge < -0.3 is 27.0 Å². The smallest absolute Gasteiger partial charge is 0.251 e. The van der Waals surface area contributed by atoms with Crippen LogP contribution < -0.4 is 22.1 Å². The van der Waals surface area contributed by atoms with Crippen molar-refractivity contribution in [1.29, 1.82) is 0 Å². The molecule has 10 nitrogen and oxygen atoms in total. The van der Waals surface area contributed by atoms with Crippen LogP contribution in [0.3, 0.4) is 0 Å². The van der Waals surface area contributed by atoms with Crippen molar-refractivity contribution in [2.24, 2.45) is 16.5 Å². The van der Waals surface area contributed by atoms with E-state index in [9.17, 15) is 23.6 Å². The summed E-state index contributed by atoms with van der Waals surface area (Å²) in [4.78, 5) is 53.1. The van der Waals surface area contributed by atoms with Crippen LogP contribution in [0.1, 0.15) is 63.7 Å². The van der Waals surface area contributed by atoms with E-state index < -0.39 is 37.0 Å². The van der Waals surface area contributed by atoms with Crippen molar-refractivity contribution >= 4 is 29.5 Å². The van der Waals surface area contributed by atoms with E-state index >= 15 is 0 Å². The second-order valence-electron chi connectivity index (χ2n) is 8.15. The quantitative estimate of drug-likeness (QED) is 0.292. The molecule has 3 amide bonds. The van der Waals surface area contributed by atoms with Crippen LogP contribution in [0.4, 0.5) is 4.39 Å². The lowest BCUT2D eigenvalue weighted by Crippen LogP contribution is -2.53. The summed E-state index contributed by atoms with van der Waals surface area (Å²) in [5.74, 6) is -1.78. The van der Waals surface area contributed by atoms with Gasteiger partial charge in [0.05, 0.1) is 6.54 Å². The van der Waals surface area contributed by atoms with E-state index in [-0.39, 0.29) is 17.8 Å². The largest absolute Gasteiger partial charge is 0.370 e. The zero-order chi connectivity index (χ0) is 27.5. The normalized spacial score (nSPS) is 14.7. The zero-order valence-electron chi connectivity index (χ0n) is 21.8. The molecule has 2 rings (SSSR count). The fourth-order valence-electron chi connectivity index (χ4n) is 3.07. The Labute approximate surface area is 213 Å². The number of ketones is 1. The molecular weight excluding hydrogens is 467 g/mol. The Bertz CT molecular complexity index is 846. The molecule has 0 aliphatic carbocycles. The van der Waals surface area contributed by atoms with Crippen molar-refractivity contribution in [3.05, 3.63) is 35.9 Å². The van der Waals surface area contributed by atoms with Gasteiger partial charge in [-0.1, -0.05) is 45.4 Å². The van der Waals surface area contributed by atoms with Gasteiger partial charge in [-0.15, -0.1) is 0 Å². The van der Waals surface area contributed by atoms with Gasteiger partial charge in [-0.2, -0.15) is 0 Å². The van der Waals surface area contributed by atoms with Crippen molar-refractivity contribution in [1.82, 2.24) is 15.5 Å². The summed E-state index contributed by atoms with van der Waals surface area (Å²) in [5.41, 5.74) is 10.5. The molecule has 1 fully saturated rings. The Morgan fingerprint density at radius 1 is 1.14 bits per heavy atom. The fourth-order valence-corrected chi connectivity index (χ4v) is 3.07. The van der Waals surface area contributed by atoms with E-state index in [2.05, 4.69) is 29.5 Å². The minimum absolute atomic E-state index is 0.182. The molecule has 0 aromatic heterocycles. The third-order valence-corrected chi connectivity index (χ3v) is 4.72. The van der Waals surface area contributed by atoms with E-state index in [1.807, 2.05) is 6.92 Å². The molecule has 11 heteroatoms. The summed E-state index contributed by atoms with van der Waals surface area (Å²) >= 11 is 0. The van der Waals surface area contributed by atoms with Crippen LogP contribution in [0, 0.1) is 0 Å². The second kappa shape index (κ2) is 18.8. The van der Waals surface area contributed by atoms with Crippen LogP contribution in [0.2, 0.25) is 0 Å². The predicted octanol–water partition coefficient (Wildman–Crippen LogP) is 1.54. The van der Waals surface area contributed by atoms with Gasteiger partial charge in [0.15, 0.2) is 11.7 Å². The lowest BCUT2D eigenvalue weighted by atomic mass is 10.1. The Morgan fingerprint density at radius 3 is 2.25 bits per heavy atom. The summed E-state index contributed by atoms with van der Waals surface area (Å²) in [6.45, 7) is 7.42. The Kier molecular flexibility index (Phi) is 17.0. The van der Waals surface area contributed by atoms with Crippen LogP contribution >= 0.6 is 0 Å². The molecule has 0 spiro atoms. The number of rotatable bonds is 9. The van der Waals surface area contributed by atoms with Crippen LogP contribution in [-0.4, -0.2) is 72.8 Å². The van der Waals surface area contributed by atoms with Gasteiger partial charge in [0, 0.05) is 18.7 Å². The molecule has 1 aromatic rings. The van der Waals surface area contributed by atoms with Gasteiger partial charge in [0.2, 0.25) is 11.8 Å². The molecule has 0 saturated carbocycles. The van der Waals surface area contributed by atoms with Crippen molar-refractivity contribution in [3.63, 3.8) is 0 Å². The molecule has 0 bridgehead atoms. The highest BCUT2D eigenvalue weighted by molar-refractivity contribution is 5.98. The molecule has 1 heterocycles. The number of amides is 3. The first kappa shape index (κ1) is 32.5. The Balaban J connectivity index is 0.00000104. The zero-order valence-corrected chi connectivity index (χ0v) is 21.8. The predicted molar refractivity (Wildman–Crippen MR) is 139 cm³/mol. The second-order valence-corrected chi connectivity index (χ2v) is 8.15. The minimum atomic E-state index is -1.14. The highest BCUT2D eigenvalue weighted by Gasteiger charge is 2.36. The SMILES string of the molecule is CC(NC(=O)c1ccccc1)C(=O)N1CCCC1C(=O)NCC(=O)CF.CCC.CCCN=C(N)N. The number of aliphatic imine (C=N–C) groups is 1. The van der Waals surface area contributed by atoms with Crippen LogP contribution in [0.25, 0.3) is 0 Å². The third kappa shape index (κ3) is 12.8. The van der Waals surface area contributed by atoms with E-state index in [1.165, 1.54) is 11.3 Å². The number of hydrogen-bond acceptors (Lipinski definition) is 5. The monoisotopic (exact) mass is 508 g/mol. The molecule has 1 aliphatic rings. The van der Waals surface area contributed by atoms with Crippen LogP contribution in [-0.2, 0) is 14.4 Å². The van der Waals surface area contributed by atoms with Crippen LogP contribution in [0.5, 0.6) is 0 Å². The summed E-state index contributed by atoms with van der Waals surface area (Å²) in [6, 6.07) is 6.99. The number of halogens is 1. The number of nitrogens with one attached hydrogen (secondary N) is 2. The number of nitrogens with two attached hydrogens (primary N) is 2. The number of Topliss-reactive ketones (excluding diaryl/α,β-unsaturated/α-hetero) is 1. The molecule has 1 saturated heterocycles. The topological polar surface area (TPSA) is 160 Å². The molecule has 6 N–H and O–H groups in total. The molecule has 2 unspecified atom stereocenters. The maximum Gasteiger partial charge on any atom is 0.251 e. The average Bonchev–Trinajstić information content (AvgIpc) is 3.36. The van der Waals surface area contributed by atoms with Crippen molar-refractivity contribution in [2.45, 2.75) is 65.5 Å². The van der Waals surface area contributed by atoms with Crippen molar-refractivity contribution < 1.29 is 23.6 Å². The van der Waals surface area contributed by atoms with E-state index in [1.54, 1.807) is 37.3 Å². The summed E-state index contributed by atoms with van der Waals surface area (Å²) < 4.78 is 12.2. The van der Waals surface area contributed by atoms with Crippen LogP contribution in [0.15, 0.2) is 35.3 Å². The number of benzene rings is 1. The maximum atomic E-state index is 12.6. The van der Waals surface area contributed by atoms with Gasteiger partial charge in [0.25, 0.3) is 5.91 Å². The molecular formula is C25H41FN6O4. The van der Waals surface area contributed by atoms with Gasteiger partial charge >= 0.3 is 0 Å². The number of carbonyl (C=O) groups excluding carboxylic acids is 4. The first-order valence-corrected chi connectivity index (χ1v) is 12.2. The lowest BCUT2D eigenvalue weighted by Gasteiger charge is -2.27. The van der Waals surface area contributed by atoms with E-state index in [4.69, 9.17) is 11.5 Å². The number of nitrogens with zero attached hydrogens (tertiary/aromatic N) is 2. The number of guanidine groups is 1. The first-order chi connectivity index (χ1) is 17.1. The van der Waals surface area contributed by atoms with E-state index in [0.29, 0.717) is 24.9 Å². The molecule has 2 atom stereocenters. The van der Waals surface area contributed by atoms with Gasteiger partial charge in [0.1, 0.15) is 18.8 Å². The third-order valence-electron chi connectivity index (χ3n) is 4.72. The fraction of sp³-hybridized carbons (Fsp3) is 0.560. The van der Waals surface area contributed by atoms with E-state index in [0.717, 1.165) is 13.0 Å². The molecule has 1 aromatic carbocycles. The average molecular weight is 509 g/mol. The number of likely N-dealkylation sites (tertiary alicyclic amines) is 1. The number of carbonyl (C=O) groups is 4. The number of hydrogen-bond donors (Lipinski definition) is 4. The highest BCUT2D eigenvalue weighted by atomic mass is 19.1. The highest BCUT2D eigenvalue weighted by Crippen LogP contribution is 2.18. The summed E-state index contributed by atoms with van der Waals surface area (Å²) in [7, 11) is 0. The standard InChI is InChI=1S/C18H22FN3O4.C4H11N3.C3H8/c1-12(21-16(24)13-6-3-2-4-7-13)18(26)22-9-5-8-15(22)17(25)20-11-14(23)10-19;1-2-3-7-4(5)6;1-3-2/h2-4,6-7,12,15H,5,8-11H2,1H3,(H,20,25)(H,21,24);2-3H2,1H3,(H4,5,6,7);3H2,1-2H3. The minimum Gasteiger partial charge on any atom is -0.370 e. The molecule has 1 aliphatic heterocycles. The van der Waals surface area contributed by atoms with Crippen molar-refractivity contribution in [3.8, 4) is 0 Å². The first-order valence-electron chi connectivity index (χ1n) is 12.2. The Morgan fingerprint density at radius 2 is 1.75 bits per heavy atom. The Hall–Kier alpha value is -3.50. The van der Waals surface area contributed by atoms with Crippen molar-refractivity contribution in [2.75, 3.05) is 26.3 Å². The molecule has 202 valence electrons. The lowest BCUT2D eigenvalue weighted by molar-refractivity contribution is -0.139. The number of alkyl halides is 1. The summed E-state index contributed by atoms with van der Waals surface area (Å²) in [6.07, 6.45) is 3.35. The van der Waals surface area contributed by atoms with Gasteiger partial charge in [-0.05, 0) is 38.3 Å². The summed E-state index contributed by atoms with van der Waals surface area (Å²) in [5, 5.41) is 4.98. The maximum absolute atomic E-state index is 12.6.